The number of nitrogens with one attached hydrogen (secondary N) is 1. The number of amides is 1. The second-order valence-electron chi connectivity index (χ2n) is 6.26. The van der Waals surface area contributed by atoms with Crippen LogP contribution in [0.4, 0.5) is 0 Å². The summed E-state index contributed by atoms with van der Waals surface area (Å²) < 4.78 is 5.64. The minimum absolute atomic E-state index is 0.205. The Morgan fingerprint density at radius 3 is 2.85 bits per heavy atom. The highest BCUT2D eigenvalue weighted by molar-refractivity contribution is 7.09. The molecule has 0 radical (unpaired) electrons. The van der Waals surface area contributed by atoms with E-state index in [1.807, 2.05) is 42.6 Å². The van der Waals surface area contributed by atoms with Crippen molar-refractivity contribution in [1.29, 1.82) is 0 Å². The summed E-state index contributed by atoms with van der Waals surface area (Å²) in [6.45, 7) is 1.99. The van der Waals surface area contributed by atoms with E-state index in [1.165, 1.54) is 0 Å². The third kappa shape index (κ3) is 4.30. The molecule has 6 nitrogen and oxygen atoms in total. The second-order valence-corrected chi connectivity index (χ2v) is 7.29. The van der Waals surface area contributed by atoms with E-state index < -0.39 is 18.2 Å². The number of oxazole rings is 1. The predicted octanol–water partition coefficient (Wildman–Crippen LogP) is 2.78. The fraction of sp³-hybridized carbons (Fsp3) is 0.368. The summed E-state index contributed by atoms with van der Waals surface area (Å²) in [5, 5.41) is 15.5. The Morgan fingerprint density at radius 1 is 1.35 bits per heavy atom. The quantitative estimate of drug-likeness (QED) is 0.564. The van der Waals surface area contributed by atoms with Gasteiger partial charge in [0.05, 0.1) is 12.1 Å². The minimum atomic E-state index is -1.03. The highest BCUT2D eigenvalue weighted by Crippen LogP contribution is 2.24. The number of aliphatic hydroxyl groups is 1. The number of nitrogens with two attached hydrogens (primary N) is 1. The Bertz CT molecular complexity index is 814. The average molecular weight is 373 g/mol. The van der Waals surface area contributed by atoms with Crippen LogP contribution in [0.5, 0.6) is 0 Å². The zero-order chi connectivity index (χ0) is 18.5. The van der Waals surface area contributed by atoms with Crippen molar-refractivity contribution in [2.45, 2.75) is 44.4 Å². The number of hydrogen-bond acceptors (Lipinski definition) is 6. The van der Waals surface area contributed by atoms with E-state index in [1.54, 1.807) is 17.4 Å². The number of benzene rings is 1. The molecule has 0 saturated heterocycles. The molecule has 2 unspecified atom stereocenters. The summed E-state index contributed by atoms with van der Waals surface area (Å²) in [6, 6.07) is 10.0. The van der Waals surface area contributed by atoms with E-state index in [9.17, 15) is 9.90 Å². The van der Waals surface area contributed by atoms with Gasteiger partial charge in [-0.25, -0.2) is 4.98 Å². The van der Waals surface area contributed by atoms with Crippen molar-refractivity contribution in [2.75, 3.05) is 0 Å². The average Bonchev–Trinajstić information content (AvgIpc) is 3.29. The van der Waals surface area contributed by atoms with Crippen LogP contribution in [0.25, 0.3) is 11.1 Å². The molecule has 0 fully saturated rings. The van der Waals surface area contributed by atoms with Gasteiger partial charge in [0.25, 0.3) is 0 Å². The van der Waals surface area contributed by atoms with Crippen LogP contribution in [-0.2, 0) is 11.2 Å². The summed E-state index contributed by atoms with van der Waals surface area (Å²) in [4.78, 5) is 17.9. The van der Waals surface area contributed by atoms with E-state index in [0.717, 1.165) is 11.3 Å². The van der Waals surface area contributed by atoms with Crippen molar-refractivity contribution < 1.29 is 14.3 Å². The smallest absolute Gasteiger partial charge is 0.237 e. The maximum absolute atomic E-state index is 12.5. The second kappa shape index (κ2) is 8.44. The van der Waals surface area contributed by atoms with Gasteiger partial charge >= 0.3 is 0 Å². The van der Waals surface area contributed by atoms with Crippen LogP contribution < -0.4 is 11.1 Å². The van der Waals surface area contributed by atoms with E-state index in [4.69, 9.17) is 10.2 Å². The Balaban J connectivity index is 1.69. The fourth-order valence-electron chi connectivity index (χ4n) is 2.84. The molecule has 3 rings (SSSR count). The Morgan fingerprint density at radius 2 is 2.15 bits per heavy atom. The Labute approximate surface area is 156 Å². The first kappa shape index (κ1) is 18.6. The maximum atomic E-state index is 12.5. The molecule has 0 bridgehead atoms. The van der Waals surface area contributed by atoms with Crippen LogP contribution in [0.15, 0.2) is 46.2 Å². The van der Waals surface area contributed by atoms with Gasteiger partial charge in [0, 0.05) is 11.3 Å². The van der Waals surface area contributed by atoms with Gasteiger partial charge in [-0.15, -0.1) is 11.3 Å². The number of nitrogens with zero attached hydrogens (tertiary/aromatic N) is 1. The molecular formula is C19H23N3O3S. The first-order valence-electron chi connectivity index (χ1n) is 8.70. The first-order chi connectivity index (χ1) is 12.6. The molecule has 3 atom stereocenters. The van der Waals surface area contributed by atoms with Crippen molar-refractivity contribution >= 4 is 28.3 Å². The van der Waals surface area contributed by atoms with Gasteiger partial charge in [0.15, 0.2) is 11.7 Å². The van der Waals surface area contributed by atoms with E-state index >= 15 is 0 Å². The number of carbonyl (C=O) groups excluding carboxylic acids is 1. The number of carbonyl (C=O) groups is 1. The van der Waals surface area contributed by atoms with Crippen molar-refractivity contribution in [3.05, 3.63) is 52.5 Å². The monoisotopic (exact) mass is 373 g/mol. The number of aromatic nitrogens is 1. The topological polar surface area (TPSA) is 101 Å². The number of hydrogen-bond donors (Lipinski definition) is 3. The lowest BCUT2D eigenvalue weighted by molar-refractivity contribution is -0.124. The molecule has 7 heteroatoms. The minimum Gasteiger partial charge on any atom is -0.438 e. The number of thiophene rings is 1. The molecule has 2 aromatic heterocycles. The highest BCUT2D eigenvalue weighted by Gasteiger charge is 2.28. The summed E-state index contributed by atoms with van der Waals surface area (Å²) in [7, 11) is 0. The molecule has 0 spiro atoms. The van der Waals surface area contributed by atoms with Crippen LogP contribution in [0.1, 0.15) is 36.6 Å². The lowest BCUT2D eigenvalue weighted by Crippen LogP contribution is -2.48. The van der Waals surface area contributed by atoms with Crippen molar-refractivity contribution in [3.8, 4) is 0 Å². The summed E-state index contributed by atoms with van der Waals surface area (Å²) in [5.74, 6) is -0.0798. The number of fused-ring (bicyclic) bond motifs is 1. The molecule has 4 N–H and O–H groups in total. The van der Waals surface area contributed by atoms with E-state index in [-0.39, 0.29) is 11.8 Å². The number of aliphatic hydroxyl groups excluding tert-OH is 1. The Hall–Kier alpha value is -2.22. The SMILES string of the molecule is CCC[C@H](NC(=O)C(N)Cc1cccs1)C(O)c1nc2ccccc2o1. The van der Waals surface area contributed by atoms with Crippen LogP contribution in [0.3, 0.4) is 0 Å². The molecule has 0 aliphatic carbocycles. The van der Waals surface area contributed by atoms with Gasteiger partial charge in [0.1, 0.15) is 5.52 Å². The molecule has 0 aliphatic rings. The van der Waals surface area contributed by atoms with E-state index in [2.05, 4.69) is 10.3 Å². The zero-order valence-corrected chi connectivity index (χ0v) is 15.4. The highest BCUT2D eigenvalue weighted by atomic mass is 32.1. The first-order valence-corrected chi connectivity index (χ1v) is 9.58. The standard InChI is InChI=1S/C19H23N3O3S/c1-2-6-15(21-18(24)13(20)11-12-7-5-10-26-12)17(23)19-22-14-8-3-4-9-16(14)25-19/h3-5,7-10,13,15,17,23H,2,6,11,20H2,1H3,(H,21,24)/t13?,15-,17?/m0/s1. The summed E-state index contributed by atoms with van der Waals surface area (Å²) >= 11 is 1.57. The normalized spacial score (nSPS) is 14.9. The molecule has 1 aromatic carbocycles. The van der Waals surface area contributed by atoms with Crippen molar-refractivity contribution in [2.24, 2.45) is 5.73 Å². The molecule has 26 heavy (non-hydrogen) atoms. The molecule has 3 aromatic rings. The summed E-state index contributed by atoms with van der Waals surface area (Å²) in [6.07, 6.45) is 0.835. The molecule has 0 aliphatic heterocycles. The number of rotatable bonds is 8. The lowest BCUT2D eigenvalue weighted by Gasteiger charge is -2.23. The van der Waals surface area contributed by atoms with Crippen LogP contribution in [0.2, 0.25) is 0 Å². The Kier molecular flexibility index (Phi) is 6.03. The van der Waals surface area contributed by atoms with Gasteiger partial charge in [-0.1, -0.05) is 31.5 Å². The van der Waals surface area contributed by atoms with Gasteiger partial charge in [-0.2, -0.15) is 0 Å². The largest absolute Gasteiger partial charge is 0.438 e. The molecular weight excluding hydrogens is 350 g/mol. The summed E-state index contributed by atoms with van der Waals surface area (Å²) in [5.41, 5.74) is 7.31. The van der Waals surface area contributed by atoms with E-state index in [0.29, 0.717) is 23.9 Å². The molecule has 138 valence electrons. The van der Waals surface area contributed by atoms with Crippen molar-refractivity contribution in [3.63, 3.8) is 0 Å². The third-order valence-corrected chi connectivity index (χ3v) is 5.11. The fourth-order valence-corrected chi connectivity index (χ4v) is 3.60. The maximum Gasteiger partial charge on any atom is 0.237 e. The van der Waals surface area contributed by atoms with Gasteiger partial charge in [-0.3, -0.25) is 4.79 Å². The lowest BCUT2D eigenvalue weighted by atomic mass is 10.0. The van der Waals surface area contributed by atoms with Gasteiger partial charge in [0.2, 0.25) is 11.8 Å². The van der Waals surface area contributed by atoms with Crippen molar-refractivity contribution in [1.82, 2.24) is 10.3 Å². The van der Waals surface area contributed by atoms with Crippen LogP contribution in [-0.4, -0.2) is 28.1 Å². The predicted molar refractivity (Wildman–Crippen MR) is 102 cm³/mol. The third-order valence-electron chi connectivity index (χ3n) is 4.21. The van der Waals surface area contributed by atoms with Crippen LogP contribution >= 0.6 is 11.3 Å². The van der Waals surface area contributed by atoms with Gasteiger partial charge < -0.3 is 20.6 Å². The molecule has 0 saturated carbocycles. The van der Waals surface area contributed by atoms with Gasteiger partial charge in [-0.05, 0) is 30.0 Å². The van der Waals surface area contributed by atoms with Crippen LogP contribution in [0, 0.1) is 0 Å². The zero-order valence-electron chi connectivity index (χ0n) is 14.6. The molecule has 2 heterocycles. The number of para-hydroxylation sites is 2. The molecule has 1 amide bonds.